The molecule has 2 aromatic rings. The van der Waals surface area contributed by atoms with Gasteiger partial charge < -0.3 is 15.8 Å². The number of rotatable bonds is 5. The molecule has 1 heterocycles. The number of nitrogens with two attached hydrogens (primary N) is 1. The van der Waals surface area contributed by atoms with Gasteiger partial charge in [0.25, 0.3) is 0 Å². The first-order valence-corrected chi connectivity index (χ1v) is 10.6. The van der Waals surface area contributed by atoms with Crippen molar-refractivity contribution in [2.45, 2.75) is 38.5 Å². The van der Waals surface area contributed by atoms with Crippen molar-refractivity contribution in [3.8, 4) is 5.75 Å². The van der Waals surface area contributed by atoms with Crippen LogP contribution in [-0.2, 0) is 0 Å². The third-order valence-corrected chi connectivity index (χ3v) is 7.71. The number of Topliss-reactive ketones (excluding diaryl/α,β-unsaturated/α-hetero) is 1. The summed E-state index contributed by atoms with van der Waals surface area (Å²) in [6.45, 7) is 0. The molecule has 6 rings (SSSR count). The summed E-state index contributed by atoms with van der Waals surface area (Å²) in [4.78, 5) is 18.6. The van der Waals surface area contributed by atoms with Crippen molar-refractivity contribution in [1.82, 2.24) is 4.98 Å². The fourth-order valence-corrected chi connectivity index (χ4v) is 6.94. The summed E-state index contributed by atoms with van der Waals surface area (Å²) in [5, 5.41) is 3.94. The van der Waals surface area contributed by atoms with Gasteiger partial charge in [0, 0.05) is 11.1 Å². The highest BCUT2D eigenvalue weighted by Gasteiger charge is 2.55. The molecule has 1 aromatic heterocycles. The van der Waals surface area contributed by atoms with Gasteiger partial charge in [0.15, 0.2) is 10.9 Å². The van der Waals surface area contributed by atoms with Crippen LogP contribution in [0.2, 0.25) is 0 Å². The zero-order valence-electron chi connectivity index (χ0n) is 15.5. The summed E-state index contributed by atoms with van der Waals surface area (Å²) in [7, 11) is 1.65. The van der Waals surface area contributed by atoms with Gasteiger partial charge in [-0.3, -0.25) is 4.79 Å². The number of carbonyl (C=O) groups is 1. The van der Waals surface area contributed by atoms with Gasteiger partial charge in [-0.1, -0.05) is 11.3 Å². The highest BCUT2D eigenvalue weighted by molar-refractivity contribution is 7.18. The fourth-order valence-electron chi connectivity index (χ4n) is 5.98. The first-order chi connectivity index (χ1) is 13.0. The van der Waals surface area contributed by atoms with E-state index < -0.39 is 0 Å². The summed E-state index contributed by atoms with van der Waals surface area (Å²) in [5.41, 5.74) is 6.91. The number of benzene rings is 1. The van der Waals surface area contributed by atoms with Gasteiger partial charge in [-0.05, 0) is 80.5 Å². The normalized spacial score (nSPS) is 31.1. The third kappa shape index (κ3) is 2.90. The van der Waals surface area contributed by atoms with Gasteiger partial charge in [0.1, 0.15) is 16.4 Å². The Morgan fingerprint density at radius 1 is 1.15 bits per heavy atom. The van der Waals surface area contributed by atoms with Crippen molar-refractivity contribution in [3.63, 3.8) is 0 Å². The molecule has 4 aliphatic rings. The van der Waals surface area contributed by atoms with Gasteiger partial charge in [-0.2, -0.15) is 0 Å². The molecule has 1 aromatic carbocycles. The van der Waals surface area contributed by atoms with Crippen LogP contribution in [0.3, 0.4) is 0 Å². The van der Waals surface area contributed by atoms with Crippen LogP contribution >= 0.6 is 11.3 Å². The molecule has 0 amide bonds. The molecule has 4 fully saturated rings. The monoisotopic (exact) mass is 383 g/mol. The minimum absolute atomic E-state index is 0.174. The van der Waals surface area contributed by atoms with Crippen molar-refractivity contribution in [2.75, 3.05) is 18.2 Å². The second kappa shape index (κ2) is 6.23. The lowest BCUT2D eigenvalue weighted by atomic mass is 9.48. The van der Waals surface area contributed by atoms with E-state index in [1.165, 1.54) is 30.6 Å². The molecule has 3 N–H and O–H groups in total. The van der Waals surface area contributed by atoms with Gasteiger partial charge >= 0.3 is 0 Å². The molecule has 6 heteroatoms. The Labute approximate surface area is 163 Å². The molecule has 5 nitrogen and oxygen atoms in total. The lowest BCUT2D eigenvalue weighted by molar-refractivity contribution is -0.0350. The van der Waals surface area contributed by atoms with Crippen LogP contribution in [-0.4, -0.2) is 17.9 Å². The number of nitrogens with one attached hydrogen (secondary N) is 1. The smallest absolute Gasteiger partial charge is 0.189 e. The number of thiazole rings is 1. The Morgan fingerprint density at radius 3 is 2.30 bits per heavy atom. The van der Waals surface area contributed by atoms with Crippen molar-refractivity contribution < 1.29 is 9.53 Å². The summed E-state index contributed by atoms with van der Waals surface area (Å²) in [6, 6.07) is 7.63. The van der Waals surface area contributed by atoms with Crippen LogP contribution in [0.25, 0.3) is 0 Å². The number of ketones is 1. The van der Waals surface area contributed by atoms with E-state index >= 15 is 0 Å². The first kappa shape index (κ1) is 17.0. The predicted molar refractivity (Wildman–Crippen MR) is 108 cm³/mol. The molecule has 0 atom stereocenters. The third-order valence-electron chi connectivity index (χ3n) is 6.72. The Balaban J connectivity index is 1.38. The van der Waals surface area contributed by atoms with Gasteiger partial charge in [0.2, 0.25) is 0 Å². The number of methoxy groups -OCH3 is 1. The fraction of sp³-hybridized carbons (Fsp3) is 0.524. The number of ether oxygens (including phenoxy) is 1. The summed E-state index contributed by atoms with van der Waals surface area (Å²) >= 11 is 1.39. The van der Waals surface area contributed by atoms with E-state index in [9.17, 15) is 4.79 Å². The molecule has 4 aliphatic carbocycles. The number of nitrogens with zero attached hydrogens (tertiary/aromatic N) is 1. The van der Waals surface area contributed by atoms with Crippen LogP contribution < -0.4 is 15.8 Å². The molecule has 4 bridgehead atoms. The lowest BCUT2D eigenvalue weighted by Crippen LogP contribution is -2.49. The SMILES string of the molecule is COc1ccc(Nc2nc(N)c(C(=O)C34CC5CC(CC(C5)C3)C4)s2)cc1. The Bertz CT molecular complexity index is 839. The molecule has 27 heavy (non-hydrogen) atoms. The molecule has 0 aliphatic heterocycles. The van der Waals surface area contributed by atoms with Crippen molar-refractivity contribution in [1.29, 1.82) is 0 Å². The average Bonchev–Trinajstić information content (AvgIpc) is 3.00. The lowest BCUT2D eigenvalue weighted by Gasteiger charge is -2.55. The highest BCUT2D eigenvalue weighted by atomic mass is 32.1. The topological polar surface area (TPSA) is 77.2 Å². The summed E-state index contributed by atoms with van der Waals surface area (Å²) in [6.07, 6.45) is 7.14. The second-order valence-electron chi connectivity index (χ2n) is 8.61. The maximum Gasteiger partial charge on any atom is 0.189 e. The van der Waals surface area contributed by atoms with E-state index in [4.69, 9.17) is 10.5 Å². The summed E-state index contributed by atoms with van der Waals surface area (Å²) in [5.74, 6) is 3.65. The van der Waals surface area contributed by atoms with Crippen LogP contribution in [0.5, 0.6) is 5.75 Å². The predicted octanol–water partition coefficient (Wildman–Crippen LogP) is 4.88. The van der Waals surface area contributed by atoms with Crippen LogP contribution in [0.1, 0.15) is 48.2 Å². The second-order valence-corrected chi connectivity index (χ2v) is 9.61. The van der Waals surface area contributed by atoms with Crippen LogP contribution in [0.4, 0.5) is 16.6 Å². The van der Waals surface area contributed by atoms with Gasteiger partial charge in [-0.25, -0.2) is 4.98 Å². The van der Waals surface area contributed by atoms with Crippen molar-refractivity contribution in [2.24, 2.45) is 23.2 Å². The van der Waals surface area contributed by atoms with E-state index in [1.807, 2.05) is 24.3 Å². The molecule has 142 valence electrons. The van der Waals surface area contributed by atoms with E-state index in [-0.39, 0.29) is 11.2 Å². The maximum absolute atomic E-state index is 13.5. The van der Waals surface area contributed by atoms with Crippen molar-refractivity contribution >= 4 is 33.8 Å². The van der Waals surface area contributed by atoms with Gasteiger partial charge in [0.05, 0.1) is 7.11 Å². The van der Waals surface area contributed by atoms with E-state index in [1.54, 1.807) is 7.11 Å². The number of aromatic nitrogens is 1. The van der Waals surface area contributed by atoms with Crippen LogP contribution in [0, 0.1) is 23.2 Å². The van der Waals surface area contributed by atoms with Gasteiger partial charge in [-0.15, -0.1) is 0 Å². The molecular formula is C21H25N3O2S. The number of nitrogen functional groups attached to an aromatic ring is 1. The van der Waals surface area contributed by atoms with E-state index in [2.05, 4.69) is 10.3 Å². The number of hydrogen-bond acceptors (Lipinski definition) is 6. The zero-order valence-corrected chi connectivity index (χ0v) is 16.3. The average molecular weight is 384 g/mol. The Kier molecular flexibility index (Phi) is 3.93. The van der Waals surface area contributed by atoms with Crippen LogP contribution in [0.15, 0.2) is 24.3 Å². The molecule has 4 saturated carbocycles. The van der Waals surface area contributed by atoms with E-state index in [0.717, 1.165) is 48.5 Å². The maximum atomic E-state index is 13.5. The number of carbonyl (C=O) groups excluding carboxylic acids is 1. The van der Waals surface area contributed by atoms with E-state index in [0.29, 0.717) is 15.8 Å². The zero-order chi connectivity index (χ0) is 18.6. The largest absolute Gasteiger partial charge is 0.497 e. The first-order valence-electron chi connectivity index (χ1n) is 9.77. The standard InChI is InChI=1S/C21H25N3O2S/c1-26-16-4-2-15(3-5-16)23-20-24-19(22)17(27-20)18(25)21-9-12-6-13(10-21)8-14(7-12)11-21/h2-5,12-14H,6-11,22H2,1H3,(H,23,24). The molecule has 0 spiro atoms. The molecule has 0 unspecified atom stereocenters. The molecular weight excluding hydrogens is 358 g/mol. The molecule has 0 radical (unpaired) electrons. The number of anilines is 3. The quantitative estimate of drug-likeness (QED) is 0.720. The Morgan fingerprint density at radius 2 is 1.74 bits per heavy atom. The minimum atomic E-state index is -0.174. The Hall–Kier alpha value is -2.08. The van der Waals surface area contributed by atoms with Crippen molar-refractivity contribution in [3.05, 3.63) is 29.1 Å². The highest BCUT2D eigenvalue weighted by Crippen LogP contribution is 2.61. The number of hydrogen-bond donors (Lipinski definition) is 2. The minimum Gasteiger partial charge on any atom is -0.497 e. The molecule has 0 saturated heterocycles. The summed E-state index contributed by atoms with van der Waals surface area (Å²) < 4.78 is 5.19.